The molecule has 2 atom stereocenters. The molecule has 1 aromatic carbocycles. The molecule has 0 aliphatic carbocycles. The highest BCUT2D eigenvalue weighted by molar-refractivity contribution is 5.31. The van der Waals surface area contributed by atoms with Crippen LogP contribution in [0.25, 0.3) is 0 Å². The molecule has 1 aliphatic heterocycles. The zero-order chi connectivity index (χ0) is 15.4. The number of nitrogens with one attached hydrogen (secondary N) is 1. The third kappa shape index (κ3) is 3.71. The Balaban J connectivity index is 2.17. The quantitative estimate of drug-likeness (QED) is 0.636. The van der Waals surface area contributed by atoms with Gasteiger partial charge in [-0.05, 0) is 31.5 Å². The number of hydrazine groups is 1. The van der Waals surface area contributed by atoms with Gasteiger partial charge in [0.15, 0.2) is 11.6 Å². The fourth-order valence-electron chi connectivity index (χ4n) is 2.66. The van der Waals surface area contributed by atoms with Gasteiger partial charge in [-0.15, -0.1) is 0 Å². The third-order valence-corrected chi connectivity index (χ3v) is 3.94. The molecular weight excluding hydrogens is 273 g/mol. The molecule has 118 valence electrons. The molecule has 2 rings (SSSR count). The summed E-state index contributed by atoms with van der Waals surface area (Å²) < 4.78 is 24.6. The molecule has 3 N–H and O–H groups in total. The van der Waals surface area contributed by atoms with Gasteiger partial charge in [0.05, 0.1) is 25.9 Å². The molecule has 0 bridgehead atoms. The molecule has 0 amide bonds. The van der Waals surface area contributed by atoms with Crippen LogP contribution in [0, 0.1) is 5.82 Å². The van der Waals surface area contributed by atoms with Crippen molar-refractivity contribution in [3.8, 4) is 5.75 Å². The van der Waals surface area contributed by atoms with E-state index in [0.29, 0.717) is 12.6 Å². The Morgan fingerprint density at radius 2 is 2.24 bits per heavy atom. The monoisotopic (exact) mass is 297 g/mol. The lowest BCUT2D eigenvalue weighted by Crippen LogP contribution is -2.51. The van der Waals surface area contributed by atoms with E-state index in [9.17, 15) is 4.39 Å². The second kappa shape index (κ2) is 7.17. The van der Waals surface area contributed by atoms with Crippen molar-refractivity contribution in [1.29, 1.82) is 0 Å². The van der Waals surface area contributed by atoms with Crippen molar-refractivity contribution in [3.05, 3.63) is 29.6 Å². The Labute approximate surface area is 125 Å². The Bertz CT molecular complexity index is 470. The van der Waals surface area contributed by atoms with E-state index in [1.54, 1.807) is 6.07 Å². The molecule has 5 nitrogen and oxygen atoms in total. The average Bonchev–Trinajstić information content (AvgIpc) is 2.48. The van der Waals surface area contributed by atoms with E-state index in [2.05, 4.69) is 24.2 Å². The van der Waals surface area contributed by atoms with Crippen LogP contribution in [0.15, 0.2) is 18.2 Å². The second-order valence-electron chi connectivity index (χ2n) is 5.54. The largest absolute Gasteiger partial charge is 0.494 e. The van der Waals surface area contributed by atoms with Gasteiger partial charge in [0.1, 0.15) is 0 Å². The molecule has 0 radical (unpaired) electrons. The van der Waals surface area contributed by atoms with E-state index in [1.807, 2.05) is 6.07 Å². The Hall–Kier alpha value is -1.21. The van der Waals surface area contributed by atoms with E-state index in [0.717, 1.165) is 18.7 Å². The standard InChI is InChI=1S/C15H24FN3O2/c1-10(2)19-6-7-21-14(9-19)15(18-17)11-4-5-13(20-3)12(16)8-11/h4-5,8,10,14-15,18H,6-7,9,17H2,1-3H3. The number of nitrogens with zero attached hydrogens (tertiary/aromatic N) is 1. The minimum atomic E-state index is -0.397. The van der Waals surface area contributed by atoms with Gasteiger partial charge in [-0.1, -0.05) is 6.07 Å². The first-order valence-electron chi connectivity index (χ1n) is 7.22. The molecule has 1 aromatic rings. The van der Waals surface area contributed by atoms with Crippen molar-refractivity contribution >= 4 is 0 Å². The summed E-state index contributed by atoms with van der Waals surface area (Å²) in [6.07, 6.45) is -0.112. The molecule has 0 spiro atoms. The molecule has 1 heterocycles. The molecule has 1 fully saturated rings. The highest BCUT2D eigenvalue weighted by Crippen LogP contribution is 2.26. The normalized spacial score (nSPS) is 21.5. The lowest BCUT2D eigenvalue weighted by atomic mass is 9.99. The van der Waals surface area contributed by atoms with E-state index < -0.39 is 5.82 Å². The first kappa shape index (κ1) is 16.2. The predicted molar refractivity (Wildman–Crippen MR) is 79.5 cm³/mol. The summed E-state index contributed by atoms with van der Waals surface area (Å²) in [7, 11) is 1.45. The van der Waals surface area contributed by atoms with Crippen LogP contribution in [0.5, 0.6) is 5.75 Å². The van der Waals surface area contributed by atoms with Crippen LogP contribution in [-0.2, 0) is 4.74 Å². The number of morpholine rings is 1. The van der Waals surface area contributed by atoms with Crippen LogP contribution in [0.1, 0.15) is 25.5 Å². The minimum Gasteiger partial charge on any atom is -0.494 e. The fraction of sp³-hybridized carbons (Fsp3) is 0.600. The van der Waals surface area contributed by atoms with Crippen molar-refractivity contribution < 1.29 is 13.9 Å². The third-order valence-electron chi connectivity index (χ3n) is 3.94. The van der Waals surface area contributed by atoms with Crippen molar-refractivity contribution in [2.24, 2.45) is 5.84 Å². The van der Waals surface area contributed by atoms with Gasteiger partial charge in [-0.2, -0.15) is 0 Å². The van der Waals surface area contributed by atoms with E-state index >= 15 is 0 Å². The zero-order valence-electron chi connectivity index (χ0n) is 12.8. The van der Waals surface area contributed by atoms with Crippen LogP contribution in [0.4, 0.5) is 4.39 Å². The first-order chi connectivity index (χ1) is 10.1. The van der Waals surface area contributed by atoms with Gasteiger partial charge < -0.3 is 9.47 Å². The van der Waals surface area contributed by atoms with E-state index in [1.165, 1.54) is 13.2 Å². The van der Waals surface area contributed by atoms with Gasteiger partial charge in [0.2, 0.25) is 0 Å². The van der Waals surface area contributed by atoms with E-state index in [4.69, 9.17) is 15.3 Å². The second-order valence-corrected chi connectivity index (χ2v) is 5.54. The molecule has 2 unspecified atom stereocenters. The summed E-state index contributed by atoms with van der Waals surface area (Å²) in [6, 6.07) is 5.05. The van der Waals surface area contributed by atoms with Gasteiger partial charge in [-0.25, -0.2) is 4.39 Å². The van der Waals surface area contributed by atoms with Crippen molar-refractivity contribution in [3.63, 3.8) is 0 Å². The van der Waals surface area contributed by atoms with Gasteiger partial charge in [0, 0.05) is 19.1 Å². The van der Waals surface area contributed by atoms with Crippen LogP contribution < -0.4 is 16.0 Å². The maximum absolute atomic E-state index is 13.9. The smallest absolute Gasteiger partial charge is 0.165 e. The first-order valence-corrected chi connectivity index (χ1v) is 7.22. The highest BCUT2D eigenvalue weighted by atomic mass is 19.1. The number of rotatable bonds is 5. The highest BCUT2D eigenvalue weighted by Gasteiger charge is 2.30. The van der Waals surface area contributed by atoms with Crippen molar-refractivity contribution in [2.75, 3.05) is 26.8 Å². The number of ether oxygens (including phenoxy) is 2. The molecule has 0 aromatic heterocycles. The molecule has 1 aliphatic rings. The number of halogens is 1. The van der Waals surface area contributed by atoms with Crippen LogP contribution >= 0.6 is 0 Å². The lowest BCUT2D eigenvalue weighted by molar-refractivity contribution is -0.0561. The lowest BCUT2D eigenvalue weighted by Gasteiger charge is -2.38. The summed E-state index contributed by atoms with van der Waals surface area (Å²) >= 11 is 0. The molecular formula is C15H24FN3O2. The average molecular weight is 297 g/mol. The van der Waals surface area contributed by atoms with Crippen molar-refractivity contribution in [2.45, 2.75) is 32.0 Å². The molecule has 6 heteroatoms. The molecule has 1 saturated heterocycles. The Kier molecular flexibility index (Phi) is 5.52. The van der Waals surface area contributed by atoms with Gasteiger partial charge >= 0.3 is 0 Å². The maximum Gasteiger partial charge on any atom is 0.165 e. The summed E-state index contributed by atoms with van der Waals surface area (Å²) in [5.74, 6) is 5.50. The predicted octanol–water partition coefficient (Wildman–Crippen LogP) is 1.45. The maximum atomic E-state index is 13.9. The number of benzene rings is 1. The van der Waals surface area contributed by atoms with Crippen LogP contribution in [0.3, 0.4) is 0 Å². The SMILES string of the molecule is COc1ccc(C(NN)C2CN(C(C)C)CCO2)cc1F. The van der Waals surface area contributed by atoms with Crippen LogP contribution in [0.2, 0.25) is 0 Å². The fourth-order valence-corrected chi connectivity index (χ4v) is 2.66. The summed E-state index contributed by atoms with van der Waals surface area (Å²) in [6.45, 7) is 6.63. The Morgan fingerprint density at radius 1 is 1.48 bits per heavy atom. The number of hydrogen-bond acceptors (Lipinski definition) is 5. The van der Waals surface area contributed by atoms with Gasteiger partial charge in [-0.3, -0.25) is 16.2 Å². The molecule has 21 heavy (non-hydrogen) atoms. The molecule has 0 saturated carbocycles. The number of methoxy groups -OCH3 is 1. The zero-order valence-corrected chi connectivity index (χ0v) is 12.8. The van der Waals surface area contributed by atoms with E-state index in [-0.39, 0.29) is 17.9 Å². The number of nitrogens with two attached hydrogens (primary N) is 1. The number of hydrogen-bond donors (Lipinski definition) is 2. The topological polar surface area (TPSA) is 59.8 Å². The van der Waals surface area contributed by atoms with Gasteiger partial charge in [0.25, 0.3) is 0 Å². The minimum absolute atomic E-state index is 0.112. The summed E-state index contributed by atoms with van der Waals surface area (Å²) in [5.41, 5.74) is 3.51. The van der Waals surface area contributed by atoms with Crippen LogP contribution in [-0.4, -0.2) is 43.9 Å². The van der Waals surface area contributed by atoms with Crippen molar-refractivity contribution in [1.82, 2.24) is 10.3 Å². The summed E-state index contributed by atoms with van der Waals surface area (Å²) in [5, 5.41) is 0. The summed E-state index contributed by atoms with van der Waals surface area (Å²) in [4.78, 5) is 2.33. The Morgan fingerprint density at radius 3 is 2.81 bits per heavy atom.